The van der Waals surface area contributed by atoms with Crippen LogP contribution in [0.5, 0.6) is 0 Å². The van der Waals surface area contributed by atoms with Gasteiger partial charge in [0.1, 0.15) is 0 Å². The number of rotatable bonds is 2. The molecule has 0 heterocycles. The monoisotopic (exact) mass is 192 g/mol. The topological polar surface area (TPSA) is 0 Å². The van der Waals surface area contributed by atoms with Crippen molar-refractivity contribution in [3.8, 4) is 0 Å². The van der Waals surface area contributed by atoms with Gasteiger partial charge in [-0.25, -0.2) is 0 Å². The van der Waals surface area contributed by atoms with Crippen LogP contribution in [0.3, 0.4) is 0 Å². The molecule has 2 aliphatic carbocycles. The fourth-order valence-corrected chi connectivity index (χ4v) is 3.89. The van der Waals surface area contributed by atoms with Gasteiger partial charge in [0.05, 0.1) is 0 Å². The van der Waals surface area contributed by atoms with Crippen LogP contribution >= 0.6 is 0 Å². The second kappa shape index (κ2) is 3.72. The third-order valence-electron chi connectivity index (χ3n) is 4.76. The number of allylic oxidation sites excluding steroid dienone is 1. The molecule has 0 amide bonds. The summed E-state index contributed by atoms with van der Waals surface area (Å²) in [6.07, 6.45) is 10.8. The molecule has 4 atom stereocenters. The van der Waals surface area contributed by atoms with Crippen molar-refractivity contribution in [2.75, 3.05) is 0 Å². The van der Waals surface area contributed by atoms with Crippen LogP contribution in [-0.2, 0) is 0 Å². The molecule has 0 aliphatic heterocycles. The Morgan fingerprint density at radius 1 is 1.36 bits per heavy atom. The molecule has 0 nitrogen and oxygen atoms in total. The quantitative estimate of drug-likeness (QED) is 0.568. The Morgan fingerprint density at radius 2 is 2.14 bits per heavy atom. The largest absolute Gasteiger partial charge is 0.103 e. The van der Waals surface area contributed by atoms with Crippen LogP contribution in [0.25, 0.3) is 0 Å². The summed E-state index contributed by atoms with van der Waals surface area (Å²) >= 11 is 0. The lowest BCUT2D eigenvalue weighted by molar-refractivity contribution is 0.0217. The van der Waals surface area contributed by atoms with E-state index in [1.165, 1.54) is 38.5 Å². The van der Waals surface area contributed by atoms with Crippen molar-refractivity contribution in [2.24, 2.45) is 23.2 Å². The average Bonchev–Trinajstić information content (AvgIpc) is 2.13. The van der Waals surface area contributed by atoms with Crippen LogP contribution in [0.1, 0.15) is 52.4 Å². The molecule has 80 valence electrons. The molecule has 0 spiro atoms. The third kappa shape index (κ3) is 1.76. The molecular formula is C14H24. The Labute approximate surface area is 88.8 Å². The molecule has 0 radical (unpaired) electrons. The van der Waals surface area contributed by atoms with E-state index in [9.17, 15) is 0 Å². The maximum atomic E-state index is 3.92. The zero-order valence-electron chi connectivity index (χ0n) is 9.76. The van der Waals surface area contributed by atoms with Gasteiger partial charge in [-0.2, -0.15) is 0 Å². The highest BCUT2D eigenvalue weighted by Crippen LogP contribution is 2.53. The highest BCUT2D eigenvalue weighted by Gasteiger charge is 2.42. The molecule has 0 aromatic rings. The zero-order valence-corrected chi connectivity index (χ0v) is 9.76. The maximum absolute atomic E-state index is 3.92. The summed E-state index contributed by atoms with van der Waals surface area (Å²) in [5.74, 6) is 3.02. The summed E-state index contributed by atoms with van der Waals surface area (Å²) in [6, 6.07) is 0. The van der Waals surface area contributed by atoms with E-state index in [-0.39, 0.29) is 0 Å². The first kappa shape index (κ1) is 10.3. The van der Waals surface area contributed by atoms with Gasteiger partial charge in [0, 0.05) is 0 Å². The lowest BCUT2D eigenvalue weighted by Crippen LogP contribution is -2.38. The summed E-state index contributed by atoms with van der Waals surface area (Å²) in [5, 5.41) is 0. The van der Waals surface area contributed by atoms with Gasteiger partial charge >= 0.3 is 0 Å². The van der Waals surface area contributed by atoms with Crippen LogP contribution in [0, 0.1) is 23.2 Å². The van der Waals surface area contributed by atoms with E-state index >= 15 is 0 Å². The Morgan fingerprint density at radius 3 is 2.86 bits per heavy atom. The Balaban J connectivity index is 2.10. The van der Waals surface area contributed by atoms with E-state index in [0.717, 1.165) is 17.8 Å². The highest BCUT2D eigenvalue weighted by molar-refractivity contribution is 4.96. The fraction of sp³-hybridized carbons (Fsp3) is 0.857. The first-order valence-corrected chi connectivity index (χ1v) is 6.25. The van der Waals surface area contributed by atoms with Crippen molar-refractivity contribution in [1.29, 1.82) is 0 Å². The summed E-state index contributed by atoms with van der Waals surface area (Å²) in [5.41, 5.74) is 0.590. The fourth-order valence-electron chi connectivity index (χ4n) is 3.89. The van der Waals surface area contributed by atoms with Crippen LogP contribution in [0.2, 0.25) is 0 Å². The van der Waals surface area contributed by atoms with Crippen LogP contribution in [0.15, 0.2) is 12.7 Å². The molecule has 0 aromatic carbocycles. The summed E-state index contributed by atoms with van der Waals surface area (Å²) in [4.78, 5) is 0. The molecule has 2 aliphatic rings. The van der Waals surface area contributed by atoms with Crippen molar-refractivity contribution < 1.29 is 0 Å². The van der Waals surface area contributed by atoms with Gasteiger partial charge in [-0.05, 0) is 61.7 Å². The second-order valence-corrected chi connectivity index (χ2v) is 6.06. The molecule has 0 saturated heterocycles. The lowest BCUT2D eigenvalue weighted by Gasteiger charge is -2.49. The Bertz CT molecular complexity index is 216. The molecule has 0 N–H and O–H groups in total. The lowest BCUT2D eigenvalue weighted by atomic mass is 9.56. The van der Waals surface area contributed by atoms with Gasteiger partial charge in [0.15, 0.2) is 0 Å². The molecular weight excluding hydrogens is 168 g/mol. The van der Waals surface area contributed by atoms with Crippen molar-refractivity contribution >= 4 is 0 Å². The van der Waals surface area contributed by atoms with Crippen molar-refractivity contribution in [3.05, 3.63) is 12.7 Å². The van der Waals surface area contributed by atoms with Crippen molar-refractivity contribution in [1.82, 2.24) is 0 Å². The summed E-state index contributed by atoms with van der Waals surface area (Å²) < 4.78 is 0. The minimum atomic E-state index is 0.590. The van der Waals surface area contributed by atoms with Crippen molar-refractivity contribution in [2.45, 2.75) is 52.4 Å². The zero-order chi connectivity index (χ0) is 10.2. The minimum absolute atomic E-state index is 0.590. The summed E-state index contributed by atoms with van der Waals surface area (Å²) in [6.45, 7) is 8.86. The molecule has 2 saturated carbocycles. The van der Waals surface area contributed by atoms with E-state index < -0.39 is 0 Å². The molecule has 2 rings (SSSR count). The van der Waals surface area contributed by atoms with Gasteiger partial charge < -0.3 is 0 Å². The van der Waals surface area contributed by atoms with Gasteiger partial charge in [-0.3, -0.25) is 0 Å². The Hall–Kier alpha value is -0.260. The summed E-state index contributed by atoms with van der Waals surface area (Å²) in [7, 11) is 0. The number of hydrogen-bond acceptors (Lipinski definition) is 0. The molecule has 2 fully saturated rings. The van der Waals surface area contributed by atoms with E-state index in [1.54, 1.807) is 0 Å². The van der Waals surface area contributed by atoms with Crippen LogP contribution in [0.4, 0.5) is 0 Å². The number of hydrogen-bond donors (Lipinski definition) is 0. The highest BCUT2D eigenvalue weighted by atomic mass is 14.5. The Kier molecular flexibility index (Phi) is 2.72. The molecule has 0 heteroatoms. The van der Waals surface area contributed by atoms with Crippen LogP contribution < -0.4 is 0 Å². The van der Waals surface area contributed by atoms with Crippen molar-refractivity contribution in [3.63, 3.8) is 0 Å². The van der Waals surface area contributed by atoms with E-state index in [4.69, 9.17) is 0 Å². The first-order chi connectivity index (χ1) is 6.64. The maximum Gasteiger partial charge on any atom is -0.0263 e. The third-order valence-corrected chi connectivity index (χ3v) is 4.76. The second-order valence-electron chi connectivity index (χ2n) is 6.06. The predicted molar refractivity (Wildman–Crippen MR) is 62.2 cm³/mol. The molecule has 0 aromatic heterocycles. The van der Waals surface area contributed by atoms with Gasteiger partial charge in [0.25, 0.3) is 0 Å². The van der Waals surface area contributed by atoms with E-state index in [0.29, 0.717) is 5.41 Å². The van der Waals surface area contributed by atoms with Gasteiger partial charge in [0.2, 0.25) is 0 Å². The average molecular weight is 192 g/mol. The van der Waals surface area contributed by atoms with Crippen LogP contribution in [-0.4, -0.2) is 0 Å². The standard InChI is InChI=1S/C14H24/c1-4-6-14(3)7-5-12-8-11(2)9-13(14)10-12/h4,11-13H,1,5-10H2,2-3H3. The molecule has 4 unspecified atom stereocenters. The minimum Gasteiger partial charge on any atom is -0.103 e. The van der Waals surface area contributed by atoms with E-state index in [2.05, 4.69) is 26.5 Å². The van der Waals surface area contributed by atoms with E-state index in [1.807, 2.05) is 0 Å². The van der Waals surface area contributed by atoms with Gasteiger partial charge in [-0.1, -0.05) is 19.9 Å². The number of fused-ring (bicyclic) bond motifs is 2. The first-order valence-electron chi connectivity index (χ1n) is 6.25. The normalized spacial score (nSPS) is 47.4. The smallest absolute Gasteiger partial charge is 0.0263 e. The molecule has 2 bridgehead atoms. The SMILES string of the molecule is C=CCC1(C)CCC2CC(C)CC1C2. The van der Waals surface area contributed by atoms with Gasteiger partial charge in [-0.15, -0.1) is 6.58 Å². The predicted octanol–water partition coefficient (Wildman–Crippen LogP) is 4.42. The molecule has 14 heavy (non-hydrogen) atoms.